The molecule has 0 saturated carbocycles. The molecule has 1 aromatic carbocycles. The van der Waals surface area contributed by atoms with Gasteiger partial charge in [-0.25, -0.2) is 0 Å². The van der Waals surface area contributed by atoms with Crippen molar-refractivity contribution < 1.29 is 4.92 Å². The van der Waals surface area contributed by atoms with E-state index in [1.54, 1.807) is 30.1 Å². The molecule has 0 aliphatic heterocycles. The lowest BCUT2D eigenvalue weighted by molar-refractivity contribution is -0.384. The fraction of sp³-hybridized carbons (Fsp3) is 0.0833. The highest BCUT2D eigenvalue weighted by Gasteiger charge is 2.11. The molecule has 0 spiro atoms. The van der Waals surface area contributed by atoms with Crippen molar-refractivity contribution >= 4 is 22.4 Å². The fourth-order valence-corrected chi connectivity index (χ4v) is 2.28. The molecule has 0 bridgehead atoms. The largest absolute Gasteiger partial charge is 0.311 e. The third-order valence-corrected chi connectivity index (χ3v) is 3.56. The van der Waals surface area contributed by atoms with E-state index < -0.39 is 4.92 Å². The van der Waals surface area contributed by atoms with E-state index >= 15 is 0 Å². The van der Waals surface area contributed by atoms with Crippen LogP contribution in [0.2, 0.25) is 0 Å². The molecular weight excluding hydrogens is 278 g/mol. The van der Waals surface area contributed by atoms with Crippen LogP contribution in [0.4, 0.5) is 5.69 Å². The standard InChI is InChI=1S/C12H9N5O2S/c1-16-8-14-15-12(16)20-11(6-7-13)9-2-4-10(5-3-9)17(18)19/h2-6,8H,1H3/b11-6-. The Balaban J connectivity index is 2.30. The van der Waals surface area contributed by atoms with Crippen LogP contribution in [0.15, 0.2) is 41.8 Å². The van der Waals surface area contributed by atoms with Gasteiger partial charge in [-0.2, -0.15) is 5.26 Å². The Labute approximate surface area is 118 Å². The summed E-state index contributed by atoms with van der Waals surface area (Å²) >= 11 is 1.27. The van der Waals surface area contributed by atoms with Crippen LogP contribution in [-0.2, 0) is 7.05 Å². The van der Waals surface area contributed by atoms with E-state index in [0.29, 0.717) is 15.6 Å². The number of thioether (sulfide) groups is 1. The molecule has 0 aliphatic rings. The van der Waals surface area contributed by atoms with Gasteiger partial charge in [-0.15, -0.1) is 10.2 Å². The average molecular weight is 287 g/mol. The summed E-state index contributed by atoms with van der Waals surface area (Å²) in [6.45, 7) is 0. The second-order valence-electron chi connectivity index (χ2n) is 3.77. The number of nitrogens with zero attached hydrogens (tertiary/aromatic N) is 5. The maximum atomic E-state index is 10.6. The summed E-state index contributed by atoms with van der Waals surface area (Å²) in [4.78, 5) is 10.8. The second-order valence-corrected chi connectivity index (χ2v) is 4.78. The molecule has 20 heavy (non-hydrogen) atoms. The normalized spacial score (nSPS) is 11.1. The van der Waals surface area contributed by atoms with Crippen LogP contribution in [0.25, 0.3) is 4.91 Å². The number of allylic oxidation sites excluding steroid dienone is 1. The monoisotopic (exact) mass is 287 g/mol. The number of rotatable bonds is 4. The van der Waals surface area contributed by atoms with Crippen LogP contribution < -0.4 is 0 Å². The minimum Gasteiger partial charge on any atom is -0.311 e. The number of aromatic nitrogens is 3. The zero-order valence-corrected chi connectivity index (χ0v) is 11.2. The van der Waals surface area contributed by atoms with Gasteiger partial charge in [0, 0.05) is 30.2 Å². The van der Waals surface area contributed by atoms with Gasteiger partial charge in [-0.3, -0.25) is 10.1 Å². The number of hydrogen-bond donors (Lipinski definition) is 0. The first-order valence-electron chi connectivity index (χ1n) is 5.48. The van der Waals surface area contributed by atoms with Crippen LogP contribution in [0.5, 0.6) is 0 Å². The van der Waals surface area contributed by atoms with Gasteiger partial charge in [0.25, 0.3) is 5.69 Å². The third kappa shape index (κ3) is 3.02. The molecule has 0 unspecified atom stereocenters. The highest BCUT2D eigenvalue weighted by molar-refractivity contribution is 8.08. The molecule has 0 saturated heterocycles. The summed E-state index contributed by atoms with van der Waals surface area (Å²) in [7, 11) is 1.79. The zero-order chi connectivity index (χ0) is 14.5. The van der Waals surface area contributed by atoms with Crippen LogP contribution in [0.1, 0.15) is 5.56 Å². The van der Waals surface area contributed by atoms with E-state index in [1.165, 1.54) is 30.0 Å². The number of non-ortho nitro benzene ring substituents is 1. The Morgan fingerprint density at radius 3 is 2.70 bits per heavy atom. The number of aryl methyl sites for hydroxylation is 1. The van der Waals surface area contributed by atoms with E-state index in [9.17, 15) is 10.1 Å². The Bertz CT molecular complexity index is 699. The molecular formula is C12H9N5O2S. The number of nitro groups is 1. The molecule has 2 rings (SSSR count). The number of nitriles is 1. The second kappa shape index (κ2) is 5.99. The van der Waals surface area contributed by atoms with E-state index in [4.69, 9.17) is 5.26 Å². The highest BCUT2D eigenvalue weighted by atomic mass is 32.2. The van der Waals surface area contributed by atoms with Crippen molar-refractivity contribution in [3.05, 3.63) is 52.3 Å². The van der Waals surface area contributed by atoms with Gasteiger partial charge >= 0.3 is 0 Å². The van der Waals surface area contributed by atoms with Crippen LogP contribution in [-0.4, -0.2) is 19.7 Å². The van der Waals surface area contributed by atoms with Gasteiger partial charge in [0.15, 0.2) is 5.16 Å². The fourth-order valence-electron chi connectivity index (χ4n) is 1.44. The average Bonchev–Trinajstić information content (AvgIpc) is 2.84. The Morgan fingerprint density at radius 1 is 1.50 bits per heavy atom. The molecule has 1 heterocycles. The lowest BCUT2D eigenvalue weighted by Crippen LogP contribution is -1.91. The van der Waals surface area contributed by atoms with Crippen LogP contribution >= 0.6 is 11.8 Å². The van der Waals surface area contributed by atoms with E-state index in [0.717, 1.165) is 0 Å². The summed E-state index contributed by atoms with van der Waals surface area (Å²) < 4.78 is 1.72. The van der Waals surface area contributed by atoms with Gasteiger partial charge in [0.2, 0.25) is 0 Å². The lowest BCUT2D eigenvalue weighted by Gasteiger charge is -2.05. The topological polar surface area (TPSA) is 97.6 Å². The van der Waals surface area contributed by atoms with Gasteiger partial charge in [-0.1, -0.05) is 0 Å². The van der Waals surface area contributed by atoms with Gasteiger partial charge in [-0.05, 0) is 29.5 Å². The van der Waals surface area contributed by atoms with Crippen molar-refractivity contribution in [3.8, 4) is 6.07 Å². The lowest BCUT2D eigenvalue weighted by atomic mass is 10.2. The quantitative estimate of drug-likeness (QED) is 0.370. The molecule has 0 aliphatic carbocycles. The van der Waals surface area contributed by atoms with Crippen molar-refractivity contribution in [1.82, 2.24) is 14.8 Å². The molecule has 0 amide bonds. The number of hydrogen-bond acceptors (Lipinski definition) is 6. The molecule has 8 heteroatoms. The molecule has 0 atom stereocenters. The first-order valence-corrected chi connectivity index (χ1v) is 6.30. The third-order valence-electron chi connectivity index (χ3n) is 2.43. The van der Waals surface area contributed by atoms with Crippen molar-refractivity contribution in [2.45, 2.75) is 5.16 Å². The molecule has 0 fully saturated rings. The zero-order valence-electron chi connectivity index (χ0n) is 10.4. The maximum absolute atomic E-state index is 10.6. The van der Waals surface area contributed by atoms with Gasteiger partial charge < -0.3 is 4.57 Å². The molecule has 100 valence electrons. The van der Waals surface area contributed by atoms with Crippen LogP contribution in [0, 0.1) is 21.4 Å². The molecule has 7 nitrogen and oxygen atoms in total. The molecule has 1 aromatic heterocycles. The van der Waals surface area contributed by atoms with E-state index in [-0.39, 0.29) is 5.69 Å². The van der Waals surface area contributed by atoms with Crippen molar-refractivity contribution in [3.63, 3.8) is 0 Å². The smallest absolute Gasteiger partial charge is 0.269 e. The summed E-state index contributed by atoms with van der Waals surface area (Å²) in [5, 5.41) is 27.8. The minimum absolute atomic E-state index is 0.00807. The number of nitro benzene ring substituents is 1. The summed E-state index contributed by atoms with van der Waals surface area (Å²) in [6, 6.07) is 7.97. The van der Waals surface area contributed by atoms with E-state index in [1.807, 2.05) is 6.07 Å². The first-order chi connectivity index (χ1) is 9.61. The molecule has 2 aromatic rings. The minimum atomic E-state index is -0.465. The predicted octanol–water partition coefficient (Wildman–Crippen LogP) is 2.38. The number of benzene rings is 1. The summed E-state index contributed by atoms with van der Waals surface area (Å²) in [6.07, 6.45) is 2.93. The molecule has 0 N–H and O–H groups in total. The van der Waals surface area contributed by atoms with Crippen molar-refractivity contribution in [2.24, 2.45) is 7.05 Å². The summed E-state index contributed by atoms with van der Waals surface area (Å²) in [5.41, 5.74) is 0.721. The van der Waals surface area contributed by atoms with Gasteiger partial charge in [0.05, 0.1) is 11.0 Å². The van der Waals surface area contributed by atoms with Crippen LogP contribution in [0.3, 0.4) is 0 Å². The maximum Gasteiger partial charge on any atom is 0.269 e. The predicted molar refractivity (Wildman–Crippen MR) is 73.5 cm³/mol. The first kappa shape index (κ1) is 13.8. The SMILES string of the molecule is Cn1cnnc1S/C(=C\C#N)c1ccc([N+](=O)[O-])cc1. The Kier molecular flexibility index (Phi) is 4.12. The molecule has 0 radical (unpaired) electrons. The Hall–Kier alpha value is -2.66. The Morgan fingerprint density at radius 2 is 2.20 bits per heavy atom. The van der Waals surface area contributed by atoms with Gasteiger partial charge in [0.1, 0.15) is 6.33 Å². The van der Waals surface area contributed by atoms with Crippen molar-refractivity contribution in [2.75, 3.05) is 0 Å². The highest BCUT2D eigenvalue weighted by Crippen LogP contribution is 2.33. The summed E-state index contributed by atoms with van der Waals surface area (Å²) in [5.74, 6) is 0. The van der Waals surface area contributed by atoms with Crippen molar-refractivity contribution in [1.29, 1.82) is 5.26 Å². The van der Waals surface area contributed by atoms with E-state index in [2.05, 4.69) is 10.2 Å².